The van der Waals surface area contributed by atoms with Crippen molar-refractivity contribution in [2.45, 2.75) is 119 Å². The molecule has 0 unspecified atom stereocenters. The minimum Gasteiger partial charge on any atom is -0.462 e. The Hall–Kier alpha value is -1.05. The molecule has 0 aromatic heterocycles. The molecule has 2 heteroatoms. The van der Waals surface area contributed by atoms with Crippen molar-refractivity contribution in [2.75, 3.05) is 0 Å². The van der Waals surface area contributed by atoms with Gasteiger partial charge in [-0.15, -0.1) is 0 Å². The topological polar surface area (TPSA) is 26.3 Å². The second-order valence-electron chi connectivity index (χ2n) is 13.7. The molecular formula is C31H50O2. The van der Waals surface area contributed by atoms with Crippen molar-refractivity contribution >= 4 is 5.97 Å². The molecule has 7 atom stereocenters. The first-order valence-corrected chi connectivity index (χ1v) is 14.0. The molecule has 4 rings (SSSR count). The van der Waals surface area contributed by atoms with Crippen LogP contribution in [-0.2, 0) is 9.53 Å². The van der Waals surface area contributed by atoms with Gasteiger partial charge in [-0.1, -0.05) is 91.0 Å². The summed E-state index contributed by atoms with van der Waals surface area (Å²) in [4.78, 5) is 11.8. The van der Waals surface area contributed by atoms with Gasteiger partial charge in [-0.25, -0.2) is 0 Å². The minimum atomic E-state index is -0.141. The van der Waals surface area contributed by atoms with Gasteiger partial charge >= 0.3 is 5.97 Å². The lowest BCUT2D eigenvalue weighted by Crippen LogP contribution is -2.52. The zero-order valence-corrected chi connectivity index (χ0v) is 22.8. The van der Waals surface area contributed by atoms with Gasteiger partial charge in [0.25, 0.3) is 0 Å². The van der Waals surface area contributed by atoms with Gasteiger partial charge in [0.2, 0.25) is 0 Å². The van der Waals surface area contributed by atoms with E-state index in [-0.39, 0.29) is 22.9 Å². The molecule has 0 amide bonds. The highest BCUT2D eigenvalue weighted by molar-refractivity contribution is 5.66. The predicted molar refractivity (Wildman–Crippen MR) is 138 cm³/mol. The molecule has 0 saturated heterocycles. The van der Waals surface area contributed by atoms with Crippen LogP contribution < -0.4 is 0 Å². The monoisotopic (exact) mass is 454 g/mol. The third-order valence-corrected chi connectivity index (χ3v) is 10.9. The molecule has 3 fully saturated rings. The molecule has 0 aromatic rings. The van der Waals surface area contributed by atoms with Crippen LogP contribution in [0.2, 0.25) is 0 Å². The van der Waals surface area contributed by atoms with E-state index in [2.05, 4.69) is 60.6 Å². The molecule has 0 radical (unpaired) electrons. The van der Waals surface area contributed by atoms with E-state index in [1.165, 1.54) is 50.5 Å². The zero-order chi connectivity index (χ0) is 24.2. The molecule has 0 spiro atoms. The highest BCUT2D eigenvalue weighted by atomic mass is 16.5. The second kappa shape index (κ2) is 8.87. The van der Waals surface area contributed by atoms with Crippen LogP contribution in [-0.4, -0.2) is 12.1 Å². The van der Waals surface area contributed by atoms with Crippen LogP contribution in [0.15, 0.2) is 23.3 Å². The van der Waals surface area contributed by atoms with E-state index in [1.54, 1.807) is 12.5 Å². The van der Waals surface area contributed by atoms with Gasteiger partial charge in [-0.2, -0.15) is 0 Å². The maximum atomic E-state index is 11.8. The van der Waals surface area contributed by atoms with E-state index in [9.17, 15) is 4.79 Å². The number of rotatable bonds is 6. The normalized spacial score (nSPS) is 40.3. The largest absolute Gasteiger partial charge is 0.462 e. The number of esters is 1. The van der Waals surface area contributed by atoms with E-state index in [0.29, 0.717) is 11.3 Å². The van der Waals surface area contributed by atoms with Crippen LogP contribution in [0.4, 0.5) is 0 Å². The second-order valence-corrected chi connectivity index (χ2v) is 13.7. The fourth-order valence-corrected chi connectivity index (χ4v) is 9.13. The predicted octanol–water partition coefficient (Wildman–Crippen LogP) is 8.52. The summed E-state index contributed by atoms with van der Waals surface area (Å²) in [6.07, 6.45) is 16.8. The number of hydrogen-bond donors (Lipinski definition) is 0. The molecule has 4 aliphatic carbocycles. The Bertz CT molecular complexity index is 817. The molecular weight excluding hydrogens is 404 g/mol. The van der Waals surface area contributed by atoms with Crippen molar-refractivity contribution < 1.29 is 9.53 Å². The first-order valence-electron chi connectivity index (χ1n) is 14.0. The van der Waals surface area contributed by atoms with Crippen molar-refractivity contribution in [1.82, 2.24) is 0 Å². The molecule has 0 bridgehead atoms. The summed E-state index contributed by atoms with van der Waals surface area (Å²) in [5.74, 6) is 3.84. The fraction of sp³-hybridized carbons (Fsp3) is 0.839. The average molecular weight is 455 g/mol. The van der Waals surface area contributed by atoms with E-state index in [1.807, 2.05) is 0 Å². The third kappa shape index (κ3) is 4.16. The van der Waals surface area contributed by atoms with E-state index in [4.69, 9.17) is 4.74 Å². The van der Waals surface area contributed by atoms with Crippen molar-refractivity contribution in [2.24, 2.45) is 45.8 Å². The molecule has 0 N–H and O–H groups in total. The molecule has 0 aromatic carbocycles. The van der Waals surface area contributed by atoms with Gasteiger partial charge in [-0.3, -0.25) is 4.79 Å². The summed E-state index contributed by atoms with van der Waals surface area (Å²) in [5.41, 5.74) is 3.90. The number of allylic oxidation sites excluding steroid dienone is 3. The molecule has 4 aliphatic rings. The molecule has 2 nitrogen and oxygen atoms in total. The molecule has 186 valence electrons. The molecule has 0 aliphatic heterocycles. The maximum Gasteiger partial charge on any atom is 0.302 e. The number of carbonyl (C=O) groups is 1. The van der Waals surface area contributed by atoms with Gasteiger partial charge in [0, 0.05) is 12.3 Å². The van der Waals surface area contributed by atoms with Crippen molar-refractivity contribution in [1.29, 1.82) is 0 Å². The zero-order valence-electron chi connectivity index (χ0n) is 22.8. The molecule has 3 saturated carbocycles. The lowest BCUT2D eigenvalue weighted by atomic mass is 9.46. The highest BCUT2D eigenvalue weighted by Crippen LogP contribution is 2.67. The summed E-state index contributed by atoms with van der Waals surface area (Å²) >= 11 is 0. The van der Waals surface area contributed by atoms with Gasteiger partial charge in [0.05, 0.1) is 0 Å². The molecule has 0 heterocycles. The Morgan fingerprint density at radius 2 is 1.70 bits per heavy atom. The van der Waals surface area contributed by atoms with Crippen molar-refractivity contribution in [3.05, 3.63) is 23.3 Å². The van der Waals surface area contributed by atoms with Crippen molar-refractivity contribution in [3.63, 3.8) is 0 Å². The van der Waals surface area contributed by atoms with Gasteiger partial charge in [-0.05, 0) is 78.9 Å². The van der Waals surface area contributed by atoms with Crippen molar-refractivity contribution in [3.8, 4) is 0 Å². The van der Waals surface area contributed by atoms with Crippen LogP contribution in [0.5, 0.6) is 0 Å². The van der Waals surface area contributed by atoms with Crippen LogP contribution >= 0.6 is 0 Å². The lowest BCUT2D eigenvalue weighted by Gasteiger charge is -2.58. The number of hydrogen-bond acceptors (Lipinski definition) is 2. The number of fused-ring (bicyclic) bond motifs is 5. The first kappa shape index (κ1) is 25.1. The molecule has 33 heavy (non-hydrogen) atoms. The van der Waals surface area contributed by atoms with Crippen LogP contribution in [0.25, 0.3) is 0 Å². The SMILES string of the molecule is CC(=O)O[C@@H]1CC[C@]2(C)C(=CC=C3[C@H]4CC[C@H]([C@@H](C)CCCC(C)C)[C@]4(C)CC[C@@H]32)C1(C)C. The van der Waals surface area contributed by atoms with Gasteiger partial charge in [0.15, 0.2) is 0 Å². The van der Waals surface area contributed by atoms with E-state index in [0.717, 1.165) is 36.5 Å². The Kier molecular flexibility index (Phi) is 6.73. The number of carbonyl (C=O) groups excluding carboxylic acids is 1. The quantitative estimate of drug-likeness (QED) is 0.376. The maximum absolute atomic E-state index is 11.8. The summed E-state index contributed by atoms with van der Waals surface area (Å²) in [6.45, 7) is 18.6. The smallest absolute Gasteiger partial charge is 0.302 e. The van der Waals surface area contributed by atoms with E-state index >= 15 is 0 Å². The lowest BCUT2D eigenvalue weighted by molar-refractivity contribution is -0.155. The first-order chi connectivity index (χ1) is 15.4. The Balaban J connectivity index is 1.58. The summed E-state index contributed by atoms with van der Waals surface area (Å²) in [5, 5.41) is 0. The Morgan fingerprint density at radius 3 is 2.36 bits per heavy atom. The summed E-state index contributed by atoms with van der Waals surface area (Å²) in [6, 6.07) is 0. The standard InChI is InChI=1S/C31H50O2/c1-20(2)10-9-11-21(3)24-13-14-25-23-12-15-27-29(5,6)28(33-22(4)32)17-19-31(27,8)26(23)16-18-30(24,25)7/h12,15,20-21,24-26,28H,9-11,13-14,16-19H2,1-8H3/t21-,24+,25+,26-,28+,30-,31-/m0/s1. The van der Waals surface area contributed by atoms with Crippen LogP contribution in [0, 0.1) is 45.8 Å². The Labute approximate surface area is 204 Å². The summed E-state index contributed by atoms with van der Waals surface area (Å²) in [7, 11) is 0. The highest BCUT2D eigenvalue weighted by Gasteiger charge is 2.59. The fourth-order valence-electron chi connectivity index (χ4n) is 9.13. The minimum absolute atomic E-state index is 0.000631. The average Bonchev–Trinajstić information content (AvgIpc) is 3.07. The van der Waals surface area contributed by atoms with Crippen LogP contribution in [0.1, 0.15) is 113 Å². The van der Waals surface area contributed by atoms with Crippen LogP contribution in [0.3, 0.4) is 0 Å². The summed E-state index contributed by atoms with van der Waals surface area (Å²) < 4.78 is 5.81. The Morgan fingerprint density at radius 1 is 0.970 bits per heavy atom. The number of ether oxygens (including phenoxy) is 1. The van der Waals surface area contributed by atoms with Gasteiger partial charge in [0.1, 0.15) is 6.10 Å². The van der Waals surface area contributed by atoms with Gasteiger partial charge < -0.3 is 4.74 Å². The van der Waals surface area contributed by atoms with E-state index < -0.39 is 0 Å². The third-order valence-electron chi connectivity index (χ3n) is 10.9.